The molecular formula is C26H28N2O3. The van der Waals surface area contributed by atoms with Crippen molar-refractivity contribution < 1.29 is 14.3 Å². The first kappa shape index (κ1) is 20.8. The zero-order chi connectivity index (χ0) is 21.6. The van der Waals surface area contributed by atoms with E-state index in [4.69, 9.17) is 9.47 Å². The lowest BCUT2D eigenvalue weighted by atomic mass is 10.0. The molecule has 1 aliphatic rings. The number of para-hydroxylation sites is 1. The maximum Gasteiger partial charge on any atom is 0.222 e. The predicted molar refractivity (Wildman–Crippen MR) is 123 cm³/mol. The van der Waals surface area contributed by atoms with Gasteiger partial charge >= 0.3 is 0 Å². The Labute approximate surface area is 183 Å². The molecule has 0 aliphatic carbocycles. The lowest BCUT2D eigenvalue weighted by Crippen LogP contribution is -2.45. The molecule has 0 spiro atoms. The minimum atomic E-state index is -0.0481. The lowest BCUT2D eigenvalue weighted by Gasteiger charge is -2.38. The van der Waals surface area contributed by atoms with Gasteiger partial charge in [-0.3, -0.25) is 4.79 Å². The average Bonchev–Trinajstić information content (AvgIpc) is 2.80. The second-order valence-electron chi connectivity index (χ2n) is 7.84. The summed E-state index contributed by atoms with van der Waals surface area (Å²) in [5, 5.41) is 3.04. The summed E-state index contributed by atoms with van der Waals surface area (Å²) in [5.74, 6) is 1.65. The fraction of sp³-hybridized carbons (Fsp3) is 0.269. The van der Waals surface area contributed by atoms with E-state index in [1.165, 1.54) is 5.56 Å². The second-order valence-corrected chi connectivity index (χ2v) is 7.84. The minimum absolute atomic E-state index is 0.00636. The number of rotatable bonds is 7. The Morgan fingerprint density at radius 1 is 1.10 bits per heavy atom. The van der Waals surface area contributed by atoms with Crippen LogP contribution < -0.4 is 19.7 Å². The Morgan fingerprint density at radius 3 is 2.68 bits per heavy atom. The Hall–Kier alpha value is -3.47. The Morgan fingerprint density at radius 2 is 1.87 bits per heavy atom. The Bertz CT molecular complexity index is 1040. The summed E-state index contributed by atoms with van der Waals surface area (Å²) < 4.78 is 11.4. The molecular weight excluding hydrogens is 388 g/mol. The van der Waals surface area contributed by atoms with Crippen molar-refractivity contribution in [1.82, 2.24) is 5.32 Å². The maximum absolute atomic E-state index is 12.8. The normalized spacial score (nSPS) is 15.0. The number of aryl methyl sites for hydroxylation is 1. The summed E-state index contributed by atoms with van der Waals surface area (Å²) in [6, 6.07) is 24.2. The van der Waals surface area contributed by atoms with E-state index in [0.717, 1.165) is 34.9 Å². The number of nitrogens with one attached hydrogen (secondary N) is 1. The molecule has 1 N–H and O–H groups in total. The average molecular weight is 417 g/mol. The molecule has 4 rings (SSSR count). The number of nitrogens with zero attached hydrogens (tertiary/aromatic N) is 1. The Kier molecular flexibility index (Phi) is 6.41. The summed E-state index contributed by atoms with van der Waals surface area (Å²) in [5.41, 5.74) is 4.35. The van der Waals surface area contributed by atoms with Crippen LogP contribution in [-0.4, -0.2) is 25.7 Å². The monoisotopic (exact) mass is 416 g/mol. The number of amides is 1. The molecule has 0 fully saturated rings. The highest BCUT2D eigenvalue weighted by Gasteiger charge is 2.29. The van der Waals surface area contributed by atoms with Gasteiger partial charge in [0.05, 0.1) is 25.3 Å². The van der Waals surface area contributed by atoms with Crippen LogP contribution in [0.3, 0.4) is 0 Å². The standard InChI is InChI=1S/C26H28N2O3/c1-19-12-13-23-25(14-19)31-18-22(28(23)17-20-8-4-3-5-9-20)15-26(29)27-16-21-10-6-7-11-24(21)30-2/h3-14,22H,15-18H2,1-2H3,(H,27,29). The van der Waals surface area contributed by atoms with E-state index in [9.17, 15) is 4.79 Å². The number of benzene rings is 3. The van der Waals surface area contributed by atoms with Gasteiger partial charge in [0, 0.05) is 18.7 Å². The first-order chi connectivity index (χ1) is 15.1. The van der Waals surface area contributed by atoms with Gasteiger partial charge in [-0.2, -0.15) is 0 Å². The van der Waals surface area contributed by atoms with Gasteiger partial charge in [0.2, 0.25) is 5.91 Å². The third-order valence-electron chi connectivity index (χ3n) is 5.58. The van der Waals surface area contributed by atoms with Crippen LogP contribution in [0.15, 0.2) is 72.8 Å². The largest absolute Gasteiger partial charge is 0.496 e. The quantitative estimate of drug-likeness (QED) is 0.617. The molecule has 0 radical (unpaired) electrons. The highest BCUT2D eigenvalue weighted by Crippen LogP contribution is 2.36. The topological polar surface area (TPSA) is 50.8 Å². The van der Waals surface area contributed by atoms with Gasteiger partial charge in [-0.25, -0.2) is 0 Å². The summed E-state index contributed by atoms with van der Waals surface area (Å²) >= 11 is 0. The molecule has 3 aromatic carbocycles. The lowest BCUT2D eigenvalue weighted by molar-refractivity contribution is -0.121. The van der Waals surface area contributed by atoms with Gasteiger partial charge in [-0.05, 0) is 36.2 Å². The van der Waals surface area contributed by atoms with Crippen molar-refractivity contribution in [3.05, 3.63) is 89.5 Å². The van der Waals surface area contributed by atoms with Crippen LogP contribution in [0.5, 0.6) is 11.5 Å². The Balaban J connectivity index is 1.49. The zero-order valence-electron chi connectivity index (χ0n) is 18.0. The smallest absolute Gasteiger partial charge is 0.222 e. The van der Waals surface area contributed by atoms with Gasteiger partial charge in [0.25, 0.3) is 0 Å². The van der Waals surface area contributed by atoms with Gasteiger partial charge in [-0.1, -0.05) is 54.6 Å². The number of methoxy groups -OCH3 is 1. The SMILES string of the molecule is COc1ccccc1CNC(=O)CC1COc2cc(C)ccc2N1Cc1ccccc1. The molecule has 3 aromatic rings. The highest BCUT2D eigenvalue weighted by atomic mass is 16.5. The van der Waals surface area contributed by atoms with E-state index in [0.29, 0.717) is 19.6 Å². The number of ether oxygens (including phenoxy) is 2. The molecule has 160 valence electrons. The molecule has 0 saturated heterocycles. The van der Waals surface area contributed by atoms with E-state index in [2.05, 4.69) is 47.5 Å². The van der Waals surface area contributed by atoms with Crippen LogP contribution in [0.25, 0.3) is 0 Å². The predicted octanol–water partition coefficient (Wildman–Crippen LogP) is 4.48. The van der Waals surface area contributed by atoms with Crippen LogP contribution in [0.2, 0.25) is 0 Å². The summed E-state index contributed by atoms with van der Waals surface area (Å²) in [4.78, 5) is 15.1. The van der Waals surface area contributed by atoms with E-state index in [1.54, 1.807) is 7.11 Å². The third-order valence-corrected chi connectivity index (χ3v) is 5.58. The molecule has 0 aromatic heterocycles. The van der Waals surface area contributed by atoms with Crippen molar-refractivity contribution >= 4 is 11.6 Å². The van der Waals surface area contributed by atoms with Crippen LogP contribution in [0.4, 0.5) is 5.69 Å². The van der Waals surface area contributed by atoms with Crippen LogP contribution in [0, 0.1) is 6.92 Å². The summed E-state index contributed by atoms with van der Waals surface area (Å²) in [7, 11) is 1.64. The van der Waals surface area contributed by atoms with E-state index < -0.39 is 0 Å². The molecule has 0 bridgehead atoms. The van der Waals surface area contributed by atoms with Crippen molar-refractivity contribution in [3.63, 3.8) is 0 Å². The molecule has 0 saturated carbocycles. The first-order valence-corrected chi connectivity index (χ1v) is 10.6. The molecule has 1 aliphatic heterocycles. The van der Waals surface area contributed by atoms with Crippen LogP contribution in [-0.2, 0) is 17.9 Å². The highest BCUT2D eigenvalue weighted by molar-refractivity contribution is 5.78. The van der Waals surface area contributed by atoms with E-state index in [-0.39, 0.29) is 11.9 Å². The summed E-state index contributed by atoms with van der Waals surface area (Å²) in [6.45, 7) is 3.70. The molecule has 5 nitrogen and oxygen atoms in total. The number of hydrogen-bond donors (Lipinski definition) is 1. The summed E-state index contributed by atoms with van der Waals surface area (Å²) in [6.07, 6.45) is 0.356. The van der Waals surface area contributed by atoms with Crippen molar-refractivity contribution in [2.75, 3.05) is 18.6 Å². The molecule has 31 heavy (non-hydrogen) atoms. The van der Waals surface area contributed by atoms with E-state index in [1.807, 2.05) is 42.5 Å². The van der Waals surface area contributed by atoms with Crippen LogP contribution in [0.1, 0.15) is 23.1 Å². The molecule has 1 heterocycles. The second kappa shape index (κ2) is 9.56. The van der Waals surface area contributed by atoms with Gasteiger partial charge < -0.3 is 19.7 Å². The molecule has 1 unspecified atom stereocenters. The molecule has 1 atom stereocenters. The number of carbonyl (C=O) groups is 1. The van der Waals surface area contributed by atoms with Gasteiger partial charge in [-0.15, -0.1) is 0 Å². The van der Waals surface area contributed by atoms with E-state index >= 15 is 0 Å². The van der Waals surface area contributed by atoms with Crippen molar-refractivity contribution in [2.45, 2.75) is 32.5 Å². The van der Waals surface area contributed by atoms with Gasteiger partial charge in [0.1, 0.15) is 18.1 Å². The van der Waals surface area contributed by atoms with Gasteiger partial charge in [0.15, 0.2) is 0 Å². The minimum Gasteiger partial charge on any atom is -0.496 e. The number of fused-ring (bicyclic) bond motifs is 1. The van der Waals surface area contributed by atoms with Crippen molar-refractivity contribution in [1.29, 1.82) is 0 Å². The number of carbonyl (C=O) groups excluding carboxylic acids is 1. The van der Waals surface area contributed by atoms with Crippen molar-refractivity contribution in [2.24, 2.45) is 0 Å². The molecule has 1 amide bonds. The molecule has 5 heteroatoms. The number of hydrogen-bond acceptors (Lipinski definition) is 4. The zero-order valence-corrected chi connectivity index (χ0v) is 18.0. The fourth-order valence-corrected chi connectivity index (χ4v) is 3.94. The number of anilines is 1. The fourth-order valence-electron chi connectivity index (χ4n) is 3.94. The maximum atomic E-state index is 12.8. The van der Waals surface area contributed by atoms with Crippen LogP contribution >= 0.6 is 0 Å². The first-order valence-electron chi connectivity index (χ1n) is 10.6. The third kappa shape index (κ3) is 5.00. The van der Waals surface area contributed by atoms with Crippen molar-refractivity contribution in [3.8, 4) is 11.5 Å².